The van der Waals surface area contributed by atoms with Crippen molar-refractivity contribution in [2.45, 2.75) is 31.3 Å². The first-order valence-corrected chi connectivity index (χ1v) is 10.7. The first-order valence-electron chi connectivity index (χ1n) is 10.3. The number of carboxylic acids is 1. The topological polar surface area (TPSA) is 128 Å². The minimum Gasteiger partial charge on any atom is -0.480 e. The maximum Gasteiger partial charge on any atom is 0.414 e. The van der Waals surface area contributed by atoms with Gasteiger partial charge in [0.15, 0.2) is 17.8 Å². The number of nitrogens with zero attached hydrogens (tertiary/aromatic N) is 1. The molecule has 0 radical (unpaired) electrons. The van der Waals surface area contributed by atoms with E-state index in [0.29, 0.717) is 34.6 Å². The number of nitrogens with one attached hydrogen (secondary N) is 1. The molecule has 1 aliphatic carbocycles. The van der Waals surface area contributed by atoms with Crippen LogP contribution < -0.4 is 5.32 Å². The number of anilines is 1. The summed E-state index contributed by atoms with van der Waals surface area (Å²) in [7, 11) is 0. The molecule has 1 atom stereocenters. The molecule has 0 spiro atoms. The van der Waals surface area contributed by atoms with Gasteiger partial charge in [0, 0.05) is 16.7 Å². The quantitative estimate of drug-likeness (QED) is 0.359. The van der Waals surface area contributed by atoms with Gasteiger partial charge in [-0.2, -0.15) is 0 Å². The number of furan rings is 2. The molecule has 0 bridgehead atoms. The van der Waals surface area contributed by atoms with E-state index >= 15 is 0 Å². The number of hydrogen-bond acceptors (Lipinski definition) is 7. The number of ether oxygens (including phenoxy) is 1. The van der Waals surface area contributed by atoms with Gasteiger partial charge < -0.3 is 23.1 Å². The molecule has 2 N–H and O–H groups in total. The van der Waals surface area contributed by atoms with E-state index in [1.807, 2.05) is 0 Å². The predicted molar refractivity (Wildman–Crippen MR) is 119 cm³/mol. The van der Waals surface area contributed by atoms with Gasteiger partial charge >= 0.3 is 12.1 Å². The molecule has 0 saturated heterocycles. The summed E-state index contributed by atoms with van der Waals surface area (Å²) in [6, 6.07) is 10.4. The van der Waals surface area contributed by atoms with Gasteiger partial charge in [0.1, 0.15) is 17.3 Å². The summed E-state index contributed by atoms with van der Waals surface area (Å²) in [5.41, 5.74) is -0.121. The predicted octanol–water partition coefficient (Wildman–Crippen LogP) is 5.49. The maximum atomic E-state index is 12.3. The number of carbonyl (C=O) groups excluding carboxylic acids is 1. The standard InChI is InChI=1S/C24H17ClN2O7/c1-13(16-4-2-3-5-17(16)25)32-23(30)27-20-18(26-12-31-20)7-6-15-10-14-11-19(34-21(14)33-15)24(8-9-24)22(28)29/h2-5,10-13H,8-9H2,1H3,(H,27,30)(H,28,29). The number of benzene rings is 1. The largest absolute Gasteiger partial charge is 0.480 e. The Morgan fingerprint density at radius 2 is 2.03 bits per heavy atom. The monoisotopic (exact) mass is 480 g/mol. The van der Waals surface area contributed by atoms with Gasteiger partial charge in [-0.15, -0.1) is 0 Å². The zero-order valence-corrected chi connectivity index (χ0v) is 18.5. The first-order chi connectivity index (χ1) is 16.4. The highest BCUT2D eigenvalue weighted by atomic mass is 35.5. The smallest absolute Gasteiger partial charge is 0.414 e. The molecule has 3 aromatic heterocycles. The van der Waals surface area contributed by atoms with Crippen LogP contribution in [0.1, 0.15) is 48.6 Å². The van der Waals surface area contributed by atoms with Crippen LogP contribution in [-0.2, 0) is 14.9 Å². The van der Waals surface area contributed by atoms with Crippen molar-refractivity contribution < 1.29 is 32.7 Å². The molecule has 1 saturated carbocycles. The minimum atomic E-state index is -0.952. The highest BCUT2D eigenvalue weighted by Crippen LogP contribution is 2.50. The highest BCUT2D eigenvalue weighted by Gasteiger charge is 2.54. The molecule has 34 heavy (non-hydrogen) atoms. The molecule has 1 amide bonds. The lowest BCUT2D eigenvalue weighted by Gasteiger charge is -2.14. The Morgan fingerprint density at radius 1 is 1.24 bits per heavy atom. The number of halogens is 1. The summed E-state index contributed by atoms with van der Waals surface area (Å²) < 4.78 is 21.7. The van der Waals surface area contributed by atoms with E-state index in [0.717, 1.165) is 6.39 Å². The van der Waals surface area contributed by atoms with Crippen molar-refractivity contribution in [1.29, 1.82) is 0 Å². The van der Waals surface area contributed by atoms with Crippen molar-refractivity contribution in [3.05, 3.63) is 70.6 Å². The summed E-state index contributed by atoms with van der Waals surface area (Å²) in [6.45, 7) is 1.70. The van der Waals surface area contributed by atoms with Gasteiger partial charge in [-0.25, -0.2) is 9.78 Å². The van der Waals surface area contributed by atoms with Gasteiger partial charge in [0.05, 0.1) is 5.39 Å². The lowest BCUT2D eigenvalue weighted by atomic mass is 10.0. The molecule has 5 rings (SSSR count). The zero-order chi connectivity index (χ0) is 23.9. The third kappa shape index (κ3) is 4.00. The molecule has 0 aliphatic heterocycles. The average molecular weight is 481 g/mol. The van der Waals surface area contributed by atoms with Gasteiger partial charge in [-0.1, -0.05) is 29.8 Å². The molecule has 9 nitrogen and oxygen atoms in total. The van der Waals surface area contributed by atoms with Crippen LogP contribution in [-0.4, -0.2) is 22.2 Å². The van der Waals surface area contributed by atoms with E-state index in [-0.39, 0.29) is 23.1 Å². The fourth-order valence-electron chi connectivity index (χ4n) is 3.52. The summed E-state index contributed by atoms with van der Waals surface area (Å²) in [6.07, 6.45) is 0.852. The molecule has 4 aromatic rings. The molecule has 1 aromatic carbocycles. The van der Waals surface area contributed by atoms with Crippen molar-refractivity contribution in [1.82, 2.24) is 4.98 Å². The van der Waals surface area contributed by atoms with E-state index in [9.17, 15) is 14.7 Å². The summed E-state index contributed by atoms with van der Waals surface area (Å²) in [5, 5.41) is 13.0. The lowest BCUT2D eigenvalue weighted by molar-refractivity contribution is -0.140. The first kappa shape index (κ1) is 21.7. The Kier molecular flexibility index (Phi) is 5.30. The van der Waals surface area contributed by atoms with E-state index in [1.54, 1.807) is 43.3 Å². The molecule has 172 valence electrons. The fraction of sp³-hybridized carbons (Fsp3) is 0.208. The van der Waals surface area contributed by atoms with E-state index in [2.05, 4.69) is 22.1 Å². The SMILES string of the molecule is CC(OC(=O)Nc1ocnc1C#Cc1cc2cc(C3(C(=O)O)CC3)oc2o1)c1ccccc1Cl. The summed E-state index contributed by atoms with van der Waals surface area (Å²) in [4.78, 5) is 27.7. The molecule has 1 unspecified atom stereocenters. The number of aliphatic carboxylic acids is 1. The van der Waals surface area contributed by atoms with Crippen LogP contribution in [0.5, 0.6) is 0 Å². The number of hydrogen-bond donors (Lipinski definition) is 2. The van der Waals surface area contributed by atoms with Crippen LogP contribution in [0.4, 0.5) is 10.7 Å². The van der Waals surface area contributed by atoms with Crippen LogP contribution in [0, 0.1) is 11.8 Å². The molecule has 1 fully saturated rings. The average Bonchev–Trinajstić information content (AvgIpc) is 3.12. The molecular formula is C24H17ClN2O7. The number of oxazole rings is 1. The zero-order valence-electron chi connectivity index (χ0n) is 17.8. The second-order valence-electron chi connectivity index (χ2n) is 7.83. The van der Waals surface area contributed by atoms with Crippen molar-refractivity contribution in [2.75, 3.05) is 5.32 Å². The van der Waals surface area contributed by atoms with E-state index < -0.39 is 23.6 Å². The van der Waals surface area contributed by atoms with E-state index in [1.165, 1.54) is 0 Å². The van der Waals surface area contributed by atoms with Crippen LogP contribution in [0.2, 0.25) is 5.02 Å². The van der Waals surface area contributed by atoms with Crippen LogP contribution >= 0.6 is 11.6 Å². The number of carbonyl (C=O) groups is 2. The maximum absolute atomic E-state index is 12.3. The number of carboxylic acid groups (broad SMARTS) is 1. The fourth-order valence-corrected chi connectivity index (χ4v) is 3.81. The van der Waals surface area contributed by atoms with Crippen LogP contribution in [0.3, 0.4) is 0 Å². The van der Waals surface area contributed by atoms with Gasteiger partial charge in [0.2, 0.25) is 5.88 Å². The number of rotatable bonds is 5. The molecule has 3 heterocycles. The van der Waals surface area contributed by atoms with Gasteiger partial charge in [0.25, 0.3) is 5.78 Å². The normalized spacial score (nSPS) is 14.8. The second-order valence-corrected chi connectivity index (χ2v) is 8.23. The molecule has 1 aliphatic rings. The summed E-state index contributed by atoms with van der Waals surface area (Å²) in [5.74, 6) is 5.50. The van der Waals surface area contributed by atoms with Crippen molar-refractivity contribution in [2.24, 2.45) is 0 Å². The molecule has 10 heteroatoms. The Balaban J connectivity index is 1.27. The lowest BCUT2D eigenvalue weighted by Crippen LogP contribution is -2.18. The Labute approximate surface area is 197 Å². The highest BCUT2D eigenvalue weighted by molar-refractivity contribution is 6.31. The number of aromatic nitrogens is 1. The second kappa shape index (κ2) is 8.32. The van der Waals surface area contributed by atoms with Crippen molar-refractivity contribution in [3.63, 3.8) is 0 Å². The Morgan fingerprint density at radius 3 is 2.74 bits per heavy atom. The van der Waals surface area contributed by atoms with Crippen LogP contribution in [0.15, 0.2) is 56.0 Å². The van der Waals surface area contributed by atoms with E-state index in [4.69, 9.17) is 29.6 Å². The van der Waals surface area contributed by atoms with Crippen molar-refractivity contribution >= 4 is 40.7 Å². The van der Waals surface area contributed by atoms with Crippen LogP contribution in [0.25, 0.3) is 11.2 Å². The minimum absolute atomic E-state index is 0.0125. The summed E-state index contributed by atoms with van der Waals surface area (Å²) >= 11 is 6.14. The van der Waals surface area contributed by atoms with Crippen molar-refractivity contribution in [3.8, 4) is 11.8 Å². The third-order valence-corrected chi connectivity index (χ3v) is 5.90. The Hall–Kier alpha value is -4.16. The molecular weight excluding hydrogens is 464 g/mol. The van der Waals surface area contributed by atoms with Gasteiger partial charge in [-0.3, -0.25) is 10.1 Å². The number of amides is 1. The van der Waals surface area contributed by atoms with Gasteiger partial charge in [-0.05, 0) is 43.7 Å². The Bertz CT molecular complexity index is 1430. The number of fused-ring (bicyclic) bond motifs is 1. The third-order valence-electron chi connectivity index (χ3n) is 5.56.